The minimum absolute atomic E-state index is 0.307. The first-order chi connectivity index (χ1) is 12.9. The molecule has 1 saturated carbocycles. The van der Waals surface area contributed by atoms with E-state index < -0.39 is 0 Å². The van der Waals surface area contributed by atoms with Gasteiger partial charge in [-0.05, 0) is 36.2 Å². The zero-order chi connectivity index (χ0) is 19.3. The standard InChI is InChI=1S/C23H38N2O2/c1-19-13-22(15-23(2,3)14-19)27-18-21(26)17-25-11-9-24(10-12-25)16-20-7-5-4-6-8-20/h4-8,19,21-22,26H,9-18H2,1-3H3/t19-,21+,22-/m0/s1. The second-order valence-corrected chi connectivity index (χ2v) is 9.58. The molecule has 0 amide bonds. The van der Waals surface area contributed by atoms with Gasteiger partial charge in [0.25, 0.3) is 0 Å². The average Bonchev–Trinajstić information content (AvgIpc) is 2.61. The molecule has 4 heteroatoms. The number of aliphatic hydroxyl groups excluding tert-OH is 1. The first-order valence-corrected chi connectivity index (χ1v) is 10.7. The summed E-state index contributed by atoms with van der Waals surface area (Å²) >= 11 is 0. The van der Waals surface area contributed by atoms with Gasteiger partial charge in [-0.1, -0.05) is 51.1 Å². The Morgan fingerprint density at radius 3 is 2.41 bits per heavy atom. The molecule has 1 aromatic rings. The lowest BCUT2D eigenvalue weighted by Gasteiger charge is -2.39. The van der Waals surface area contributed by atoms with Crippen LogP contribution in [-0.2, 0) is 11.3 Å². The van der Waals surface area contributed by atoms with Crippen molar-refractivity contribution >= 4 is 0 Å². The molecule has 1 heterocycles. The molecule has 2 aliphatic rings. The first kappa shape index (κ1) is 20.8. The van der Waals surface area contributed by atoms with Gasteiger partial charge in [-0.3, -0.25) is 9.80 Å². The predicted molar refractivity (Wildman–Crippen MR) is 111 cm³/mol. The Labute approximate surface area is 165 Å². The SMILES string of the molecule is C[C@H]1C[C@H](OC[C@H](O)CN2CCN(Cc3ccccc3)CC2)CC(C)(C)C1. The lowest BCUT2D eigenvalue weighted by Crippen LogP contribution is -2.48. The fraction of sp³-hybridized carbons (Fsp3) is 0.739. The topological polar surface area (TPSA) is 35.9 Å². The van der Waals surface area contributed by atoms with Crippen LogP contribution in [0.1, 0.15) is 45.6 Å². The molecule has 2 fully saturated rings. The normalized spacial score (nSPS) is 28.1. The molecule has 0 spiro atoms. The van der Waals surface area contributed by atoms with E-state index in [2.05, 4.69) is 60.9 Å². The number of aliphatic hydroxyl groups is 1. The maximum Gasteiger partial charge on any atom is 0.0900 e. The second kappa shape index (κ2) is 9.51. The molecule has 0 aromatic heterocycles. The van der Waals surface area contributed by atoms with Crippen LogP contribution in [0.15, 0.2) is 30.3 Å². The van der Waals surface area contributed by atoms with Crippen molar-refractivity contribution in [3.8, 4) is 0 Å². The van der Waals surface area contributed by atoms with E-state index >= 15 is 0 Å². The third-order valence-corrected chi connectivity index (χ3v) is 6.05. The van der Waals surface area contributed by atoms with Gasteiger partial charge < -0.3 is 9.84 Å². The molecular weight excluding hydrogens is 336 g/mol. The molecule has 1 N–H and O–H groups in total. The molecule has 1 saturated heterocycles. The number of benzene rings is 1. The monoisotopic (exact) mass is 374 g/mol. The molecular formula is C23H38N2O2. The van der Waals surface area contributed by atoms with Crippen molar-refractivity contribution in [3.05, 3.63) is 35.9 Å². The number of piperazine rings is 1. The highest BCUT2D eigenvalue weighted by Gasteiger charge is 2.32. The summed E-state index contributed by atoms with van der Waals surface area (Å²) < 4.78 is 6.11. The summed E-state index contributed by atoms with van der Waals surface area (Å²) in [6.07, 6.45) is 3.45. The van der Waals surface area contributed by atoms with Crippen molar-refractivity contribution < 1.29 is 9.84 Å². The Kier molecular flexibility index (Phi) is 7.32. The Morgan fingerprint density at radius 1 is 1.07 bits per heavy atom. The van der Waals surface area contributed by atoms with Crippen LogP contribution in [0.2, 0.25) is 0 Å². The van der Waals surface area contributed by atoms with Crippen molar-refractivity contribution in [2.24, 2.45) is 11.3 Å². The molecule has 3 rings (SSSR count). The molecule has 1 aliphatic heterocycles. The molecule has 27 heavy (non-hydrogen) atoms. The van der Waals surface area contributed by atoms with E-state index in [9.17, 15) is 5.11 Å². The maximum atomic E-state index is 10.4. The summed E-state index contributed by atoms with van der Waals surface area (Å²) in [6.45, 7) is 13.4. The van der Waals surface area contributed by atoms with Gasteiger partial charge in [-0.15, -0.1) is 0 Å². The van der Waals surface area contributed by atoms with Gasteiger partial charge in [-0.2, -0.15) is 0 Å². The minimum Gasteiger partial charge on any atom is -0.389 e. The Balaban J connectivity index is 1.34. The van der Waals surface area contributed by atoms with Crippen LogP contribution in [0.4, 0.5) is 0 Å². The Bertz CT molecular complexity index is 555. The van der Waals surface area contributed by atoms with Crippen LogP contribution >= 0.6 is 0 Å². The molecule has 0 unspecified atom stereocenters. The van der Waals surface area contributed by atoms with Crippen LogP contribution in [0, 0.1) is 11.3 Å². The largest absolute Gasteiger partial charge is 0.389 e. The van der Waals surface area contributed by atoms with E-state index in [1.165, 1.54) is 12.0 Å². The number of ether oxygens (including phenoxy) is 1. The quantitative estimate of drug-likeness (QED) is 0.794. The molecule has 1 aliphatic carbocycles. The number of β-amino-alcohol motifs (C(OH)–C–C–N with tert-alkyl or cyclic N) is 1. The van der Waals surface area contributed by atoms with Crippen molar-refractivity contribution in [1.82, 2.24) is 9.80 Å². The number of hydrogen-bond acceptors (Lipinski definition) is 4. The van der Waals surface area contributed by atoms with E-state index in [-0.39, 0.29) is 6.10 Å². The molecule has 152 valence electrons. The zero-order valence-corrected chi connectivity index (χ0v) is 17.4. The summed E-state index contributed by atoms with van der Waals surface area (Å²) in [4.78, 5) is 4.88. The van der Waals surface area contributed by atoms with E-state index in [0.29, 0.717) is 24.0 Å². The highest BCUT2D eigenvalue weighted by molar-refractivity contribution is 5.14. The van der Waals surface area contributed by atoms with Crippen molar-refractivity contribution in [3.63, 3.8) is 0 Å². The molecule has 0 bridgehead atoms. The van der Waals surface area contributed by atoms with Crippen LogP contribution in [-0.4, -0.2) is 66.4 Å². The van der Waals surface area contributed by atoms with Crippen LogP contribution in [0.25, 0.3) is 0 Å². The Hall–Kier alpha value is -0.940. The van der Waals surface area contributed by atoms with Gasteiger partial charge in [-0.25, -0.2) is 0 Å². The predicted octanol–water partition coefficient (Wildman–Crippen LogP) is 3.40. The molecule has 0 radical (unpaired) electrons. The second-order valence-electron chi connectivity index (χ2n) is 9.58. The summed E-state index contributed by atoms with van der Waals surface area (Å²) in [7, 11) is 0. The average molecular weight is 375 g/mol. The first-order valence-electron chi connectivity index (χ1n) is 10.7. The van der Waals surface area contributed by atoms with E-state index in [1.54, 1.807) is 0 Å². The Morgan fingerprint density at radius 2 is 1.74 bits per heavy atom. The summed E-state index contributed by atoms with van der Waals surface area (Å²) in [5.41, 5.74) is 1.74. The molecule has 4 nitrogen and oxygen atoms in total. The number of rotatable bonds is 7. The fourth-order valence-electron chi connectivity index (χ4n) is 4.95. The number of nitrogens with zero attached hydrogens (tertiary/aromatic N) is 2. The maximum absolute atomic E-state index is 10.4. The summed E-state index contributed by atoms with van der Waals surface area (Å²) in [5.74, 6) is 0.716. The highest BCUT2D eigenvalue weighted by Crippen LogP contribution is 2.39. The third-order valence-electron chi connectivity index (χ3n) is 6.05. The molecule has 3 atom stereocenters. The fourth-order valence-corrected chi connectivity index (χ4v) is 4.95. The van der Waals surface area contributed by atoms with Gasteiger partial charge in [0, 0.05) is 39.3 Å². The van der Waals surface area contributed by atoms with Crippen LogP contribution in [0.3, 0.4) is 0 Å². The lowest BCUT2D eigenvalue weighted by molar-refractivity contribution is -0.0634. The van der Waals surface area contributed by atoms with Gasteiger partial charge >= 0.3 is 0 Å². The van der Waals surface area contributed by atoms with E-state index in [0.717, 1.165) is 52.1 Å². The smallest absolute Gasteiger partial charge is 0.0900 e. The van der Waals surface area contributed by atoms with E-state index in [1.807, 2.05) is 0 Å². The van der Waals surface area contributed by atoms with Crippen LogP contribution in [0.5, 0.6) is 0 Å². The summed E-state index contributed by atoms with van der Waals surface area (Å²) in [6, 6.07) is 10.7. The molecule has 1 aromatic carbocycles. The zero-order valence-electron chi connectivity index (χ0n) is 17.4. The highest BCUT2D eigenvalue weighted by atomic mass is 16.5. The van der Waals surface area contributed by atoms with Crippen LogP contribution < -0.4 is 0 Å². The number of hydrogen-bond donors (Lipinski definition) is 1. The van der Waals surface area contributed by atoms with E-state index in [4.69, 9.17) is 4.74 Å². The van der Waals surface area contributed by atoms with Gasteiger partial charge in [0.2, 0.25) is 0 Å². The minimum atomic E-state index is -0.383. The van der Waals surface area contributed by atoms with Crippen molar-refractivity contribution in [1.29, 1.82) is 0 Å². The van der Waals surface area contributed by atoms with Gasteiger partial charge in [0.15, 0.2) is 0 Å². The van der Waals surface area contributed by atoms with Crippen molar-refractivity contribution in [2.45, 2.75) is 58.8 Å². The van der Waals surface area contributed by atoms with Crippen molar-refractivity contribution in [2.75, 3.05) is 39.3 Å². The summed E-state index contributed by atoms with van der Waals surface area (Å²) in [5, 5.41) is 10.4. The lowest BCUT2D eigenvalue weighted by atomic mass is 9.71. The third kappa shape index (κ3) is 6.86. The van der Waals surface area contributed by atoms with Gasteiger partial charge in [0.1, 0.15) is 0 Å². The van der Waals surface area contributed by atoms with Gasteiger partial charge in [0.05, 0.1) is 18.8 Å².